The van der Waals surface area contributed by atoms with E-state index in [1.54, 1.807) is 6.20 Å². The number of carbonyl (C=O) groups excluding carboxylic acids is 1. The lowest BCUT2D eigenvalue weighted by molar-refractivity contribution is 0.0710. The van der Waals surface area contributed by atoms with Crippen molar-refractivity contribution in [2.24, 2.45) is 0 Å². The molecule has 1 amide bonds. The van der Waals surface area contributed by atoms with Gasteiger partial charge in [-0.05, 0) is 25.1 Å². The highest BCUT2D eigenvalue weighted by atomic mass is 32.1. The smallest absolute Gasteiger partial charge is 0.266 e. The molecule has 3 aromatic heterocycles. The third-order valence-corrected chi connectivity index (χ3v) is 4.99. The van der Waals surface area contributed by atoms with Crippen molar-refractivity contribution in [2.75, 3.05) is 6.54 Å². The number of rotatable bonds is 2. The van der Waals surface area contributed by atoms with Crippen LogP contribution >= 0.6 is 11.3 Å². The molecule has 0 unspecified atom stereocenters. The number of nitrogens with zero attached hydrogens (tertiary/aromatic N) is 5. The lowest BCUT2D eigenvalue weighted by Gasteiger charge is -2.27. The SMILES string of the molecule is Cc1nc(-n2cccc2)sc1C(=O)N1CCn2nccc2C1. The predicted octanol–water partition coefficient (Wildman–Crippen LogP) is 2.09. The minimum atomic E-state index is 0.0563. The molecule has 4 rings (SSSR count). The summed E-state index contributed by atoms with van der Waals surface area (Å²) in [7, 11) is 0. The zero-order chi connectivity index (χ0) is 15.1. The fourth-order valence-electron chi connectivity index (χ4n) is 2.66. The molecule has 0 bridgehead atoms. The van der Waals surface area contributed by atoms with Gasteiger partial charge in [-0.15, -0.1) is 0 Å². The second-order valence-corrected chi connectivity index (χ2v) is 6.25. The van der Waals surface area contributed by atoms with Gasteiger partial charge in [0.25, 0.3) is 5.91 Å². The molecule has 6 nitrogen and oxygen atoms in total. The molecule has 0 radical (unpaired) electrons. The van der Waals surface area contributed by atoms with Crippen molar-refractivity contribution in [1.82, 2.24) is 24.2 Å². The van der Waals surface area contributed by atoms with E-state index in [0.717, 1.165) is 27.9 Å². The summed E-state index contributed by atoms with van der Waals surface area (Å²) in [6, 6.07) is 5.86. The van der Waals surface area contributed by atoms with Crippen molar-refractivity contribution in [2.45, 2.75) is 20.0 Å². The van der Waals surface area contributed by atoms with Gasteiger partial charge >= 0.3 is 0 Å². The third-order valence-electron chi connectivity index (χ3n) is 3.83. The Morgan fingerprint density at radius 1 is 1.27 bits per heavy atom. The summed E-state index contributed by atoms with van der Waals surface area (Å²) in [4.78, 5) is 19.9. The summed E-state index contributed by atoms with van der Waals surface area (Å²) in [5.74, 6) is 0.0563. The minimum absolute atomic E-state index is 0.0563. The first-order valence-corrected chi connectivity index (χ1v) is 7.95. The molecule has 0 fully saturated rings. The normalized spacial score (nSPS) is 14.1. The summed E-state index contributed by atoms with van der Waals surface area (Å²) >= 11 is 1.44. The van der Waals surface area contributed by atoms with Crippen molar-refractivity contribution in [3.63, 3.8) is 0 Å². The van der Waals surface area contributed by atoms with Crippen LogP contribution in [0.25, 0.3) is 5.13 Å². The van der Waals surface area contributed by atoms with Gasteiger partial charge < -0.3 is 9.47 Å². The molecule has 7 heteroatoms. The standard InChI is InChI=1S/C15H15N5OS/c1-11-13(22-15(17-11)18-6-2-3-7-18)14(21)19-8-9-20-12(10-19)4-5-16-20/h2-7H,8-10H2,1H3. The van der Waals surface area contributed by atoms with Crippen LogP contribution in [0.2, 0.25) is 0 Å². The third kappa shape index (κ3) is 2.14. The largest absolute Gasteiger partial charge is 0.330 e. The van der Waals surface area contributed by atoms with Crippen molar-refractivity contribution in [3.8, 4) is 5.13 Å². The maximum Gasteiger partial charge on any atom is 0.266 e. The molecule has 0 spiro atoms. The summed E-state index contributed by atoms with van der Waals surface area (Å²) < 4.78 is 3.88. The number of amides is 1. The Bertz CT molecular complexity index is 817. The van der Waals surface area contributed by atoms with Crippen molar-refractivity contribution < 1.29 is 4.79 Å². The van der Waals surface area contributed by atoms with E-state index in [2.05, 4.69) is 10.1 Å². The molecule has 0 N–H and O–H groups in total. The van der Waals surface area contributed by atoms with Gasteiger partial charge in [0.2, 0.25) is 0 Å². The highest BCUT2D eigenvalue weighted by molar-refractivity contribution is 7.16. The van der Waals surface area contributed by atoms with Crippen LogP contribution in [0.4, 0.5) is 0 Å². The second kappa shape index (κ2) is 5.10. The van der Waals surface area contributed by atoms with E-state index in [0.29, 0.717) is 13.1 Å². The molecule has 0 saturated heterocycles. The van der Waals surface area contributed by atoms with Crippen LogP contribution in [0.15, 0.2) is 36.8 Å². The van der Waals surface area contributed by atoms with Gasteiger partial charge in [-0.1, -0.05) is 11.3 Å². The zero-order valence-electron chi connectivity index (χ0n) is 12.1. The average molecular weight is 313 g/mol. The molecule has 112 valence electrons. The number of fused-ring (bicyclic) bond motifs is 1. The molecule has 0 saturated carbocycles. The molecule has 1 aliphatic rings. The van der Waals surface area contributed by atoms with Crippen LogP contribution in [-0.4, -0.2) is 36.7 Å². The summed E-state index contributed by atoms with van der Waals surface area (Å²) in [5.41, 5.74) is 1.87. The van der Waals surface area contributed by atoms with E-state index in [9.17, 15) is 4.79 Å². The van der Waals surface area contributed by atoms with Gasteiger partial charge in [0.1, 0.15) is 4.88 Å². The predicted molar refractivity (Wildman–Crippen MR) is 83.1 cm³/mol. The lowest BCUT2D eigenvalue weighted by atomic mass is 10.2. The number of aryl methyl sites for hydroxylation is 1. The molecule has 0 aliphatic carbocycles. The molecule has 3 aromatic rings. The first-order chi connectivity index (χ1) is 10.7. The van der Waals surface area contributed by atoms with Crippen LogP contribution in [-0.2, 0) is 13.1 Å². The molecule has 4 heterocycles. The number of hydrogen-bond acceptors (Lipinski definition) is 4. The quantitative estimate of drug-likeness (QED) is 0.728. The van der Waals surface area contributed by atoms with E-state index < -0.39 is 0 Å². The molecule has 0 aromatic carbocycles. The number of aromatic nitrogens is 4. The van der Waals surface area contributed by atoms with E-state index in [-0.39, 0.29) is 5.91 Å². The Morgan fingerprint density at radius 3 is 2.91 bits per heavy atom. The number of hydrogen-bond donors (Lipinski definition) is 0. The van der Waals surface area contributed by atoms with Crippen LogP contribution in [0.1, 0.15) is 21.1 Å². The Morgan fingerprint density at radius 2 is 2.09 bits per heavy atom. The Hall–Kier alpha value is -2.41. The Kier molecular flexibility index (Phi) is 3.07. The fourth-order valence-corrected chi connectivity index (χ4v) is 3.66. The molecule has 1 aliphatic heterocycles. The highest BCUT2D eigenvalue weighted by Crippen LogP contribution is 2.24. The van der Waals surface area contributed by atoms with Crippen LogP contribution in [0.5, 0.6) is 0 Å². The first kappa shape index (κ1) is 13.3. The second-order valence-electron chi connectivity index (χ2n) is 5.27. The Balaban J connectivity index is 1.61. The fraction of sp³-hybridized carbons (Fsp3) is 0.267. The Labute approximate surface area is 131 Å². The molecular weight excluding hydrogens is 298 g/mol. The van der Waals surface area contributed by atoms with Gasteiger partial charge in [-0.25, -0.2) is 4.98 Å². The van der Waals surface area contributed by atoms with Crippen LogP contribution < -0.4 is 0 Å². The maximum absolute atomic E-state index is 12.8. The van der Waals surface area contributed by atoms with E-state index in [1.807, 2.05) is 51.7 Å². The summed E-state index contributed by atoms with van der Waals surface area (Å²) in [6.07, 6.45) is 5.66. The minimum Gasteiger partial charge on any atom is -0.330 e. The van der Waals surface area contributed by atoms with E-state index in [4.69, 9.17) is 0 Å². The molecule has 0 atom stereocenters. The highest BCUT2D eigenvalue weighted by Gasteiger charge is 2.25. The van der Waals surface area contributed by atoms with E-state index >= 15 is 0 Å². The van der Waals surface area contributed by atoms with Gasteiger partial charge in [0.15, 0.2) is 5.13 Å². The van der Waals surface area contributed by atoms with Crippen LogP contribution in [0, 0.1) is 6.92 Å². The average Bonchev–Trinajstić information content (AvgIpc) is 3.25. The van der Waals surface area contributed by atoms with Gasteiger partial charge in [-0.3, -0.25) is 9.48 Å². The van der Waals surface area contributed by atoms with Gasteiger partial charge in [-0.2, -0.15) is 5.10 Å². The molecular formula is C15H15N5OS. The summed E-state index contributed by atoms with van der Waals surface area (Å²) in [6.45, 7) is 3.93. The number of carbonyl (C=O) groups is 1. The van der Waals surface area contributed by atoms with Crippen LogP contribution in [0.3, 0.4) is 0 Å². The van der Waals surface area contributed by atoms with Gasteiger partial charge in [0.05, 0.1) is 24.5 Å². The van der Waals surface area contributed by atoms with Crippen molar-refractivity contribution >= 4 is 17.2 Å². The first-order valence-electron chi connectivity index (χ1n) is 7.13. The maximum atomic E-state index is 12.8. The van der Waals surface area contributed by atoms with Gasteiger partial charge in [0, 0.05) is 25.1 Å². The van der Waals surface area contributed by atoms with E-state index in [1.165, 1.54) is 11.3 Å². The monoisotopic (exact) mass is 313 g/mol. The van der Waals surface area contributed by atoms with Crippen molar-refractivity contribution in [3.05, 3.63) is 53.1 Å². The molecule has 22 heavy (non-hydrogen) atoms. The summed E-state index contributed by atoms with van der Waals surface area (Å²) in [5, 5.41) is 5.07. The topological polar surface area (TPSA) is 56.0 Å². The number of thiazole rings is 1. The zero-order valence-corrected chi connectivity index (χ0v) is 13.0. The van der Waals surface area contributed by atoms with Crippen molar-refractivity contribution in [1.29, 1.82) is 0 Å². The lowest BCUT2D eigenvalue weighted by Crippen LogP contribution is -2.38.